The molecule has 156 valence electrons. The zero-order chi connectivity index (χ0) is 21.1. The van der Waals surface area contributed by atoms with Gasteiger partial charge in [0, 0.05) is 12.3 Å². The second-order valence-electron chi connectivity index (χ2n) is 7.71. The number of urea groups is 1. The van der Waals surface area contributed by atoms with E-state index < -0.39 is 23.4 Å². The van der Waals surface area contributed by atoms with Crippen LogP contribution < -0.4 is 15.5 Å². The van der Waals surface area contributed by atoms with Crippen LogP contribution in [0, 0.1) is 0 Å². The van der Waals surface area contributed by atoms with Crippen LogP contribution in [0.1, 0.15) is 61.1 Å². The standard InChI is InChI=1S/C22H24N4O4/c1-15(16-8-4-2-5-9-16)30-18-11-10-17(14-23-18)19(27)25-26-20(28)22(24-21(26)29)12-6-3-7-13-22/h2,4-5,8-11,14-15H,3,6-7,12-13H2,1H3,(H,24,29)(H,25,27)/t15-/m1/s1. The van der Waals surface area contributed by atoms with Crippen molar-refractivity contribution in [1.82, 2.24) is 20.7 Å². The predicted molar refractivity (Wildman–Crippen MR) is 108 cm³/mol. The first kappa shape index (κ1) is 19.9. The highest BCUT2D eigenvalue weighted by Gasteiger charge is 2.52. The van der Waals surface area contributed by atoms with Gasteiger partial charge in [0.25, 0.3) is 11.8 Å². The van der Waals surface area contributed by atoms with Crippen LogP contribution in [-0.4, -0.2) is 33.4 Å². The molecule has 1 aromatic carbocycles. The second kappa shape index (κ2) is 8.14. The fourth-order valence-corrected chi connectivity index (χ4v) is 3.94. The number of aromatic nitrogens is 1. The number of hydrogen-bond donors (Lipinski definition) is 2. The molecule has 2 heterocycles. The lowest BCUT2D eigenvalue weighted by Gasteiger charge is -2.30. The predicted octanol–water partition coefficient (Wildman–Crippen LogP) is 3.12. The van der Waals surface area contributed by atoms with Crippen molar-refractivity contribution in [2.75, 3.05) is 0 Å². The zero-order valence-electron chi connectivity index (χ0n) is 16.8. The molecule has 2 fully saturated rings. The van der Waals surface area contributed by atoms with Gasteiger partial charge in [-0.25, -0.2) is 9.78 Å². The Morgan fingerprint density at radius 2 is 1.87 bits per heavy atom. The van der Waals surface area contributed by atoms with E-state index in [0.717, 1.165) is 29.8 Å². The lowest BCUT2D eigenvalue weighted by atomic mass is 9.82. The van der Waals surface area contributed by atoms with Crippen molar-refractivity contribution in [1.29, 1.82) is 0 Å². The summed E-state index contributed by atoms with van der Waals surface area (Å²) in [6, 6.07) is 12.3. The molecule has 1 saturated carbocycles. The Morgan fingerprint density at radius 1 is 1.13 bits per heavy atom. The van der Waals surface area contributed by atoms with Crippen molar-refractivity contribution in [3.8, 4) is 5.88 Å². The molecule has 4 rings (SSSR count). The minimum atomic E-state index is -0.883. The molecule has 0 unspecified atom stereocenters. The number of hydrazine groups is 1. The highest BCUT2D eigenvalue weighted by Crippen LogP contribution is 2.33. The Kier molecular flexibility index (Phi) is 5.39. The average molecular weight is 408 g/mol. The third kappa shape index (κ3) is 3.85. The van der Waals surface area contributed by atoms with Gasteiger partial charge in [-0.1, -0.05) is 49.6 Å². The summed E-state index contributed by atoms with van der Waals surface area (Å²) < 4.78 is 5.81. The van der Waals surface area contributed by atoms with Gasteiger partial charge in [-0.05, 0) is 31.4 Å². The summed E-state index contributed by atoms with van der Waals surface area (Å²) in [5.74, 6) is -0.606. The summed E-state index contributed by atoms with van der Waals surface area (Å²) in [7, 11) is 0. The largest absolute Gasteiger partial charge is 0.470 e. The van der Waals surface area contributed by atoms with Gasteiger partial charge < -0.3 is 10.1 Å². The highest BCUT2D eigenvalue weighted by atomic mass is 16.5. The number of hydrogen-bond acceptors (Lipinski definition) is 5. The fourth-order valence-electron chi connectivity index (χ4n) is 3.94. The molecule has 1 saturated heterocycles. The molecule has 0 radical (unpaired) electrons. The third-order valence-electron chi connectivity index (χ3n) is 5.65. The quantitative estimate of drug-likeness (QED) is 0.741. The minimum absolute atomic E-state index is 0.198. The number of pyridine rings is 1. The summed E-state index contributed by atoms with van der Waals surface area (Å²) >= 11 is 0. The van der Waals surface area contributed by atoms with Crippen LogP contribution in [0.25, 0.3) is 0 Å². The van der Waals surface area contributed by atoms with Crippen molar-refractivity contribution in [2.24, 2.45) is 0 Å². The molecule has 8 nitrogen and oxygen atoms in total. The third-order valence-corrected chi connectivity index (χ3v) is 5.65. The van der Waals surface area contributed by atoms with Crippen molar-refractivity contribution in [3.63, 3.8) is 0 Å². The molecule has 2 aliphatic rings. The number of rotatable bonds is 5. The first-order valence-electron chi connectivity index (χ1n) is 10.1. The van der Waals surface area contributed by atoms with Crippen molar-refractivity contribution in [2.45, 2.75) is 50.7 Å². The molecule has 8 heteroatoms. The first-order chi connectivity index (χ1) is 14.5. The van der Waals surface area contributed by atoms with Gasteiger partial charge in [-0.3, -0.25) is 15.0 Å². The van der Waals surface area contributed by atoms with E-state index in [9.17, 15) is 14.4 Å². The molecule has 1 aromatic heterocycles. The number of imide groups is 1. The summed E-state index contributed by atoms with van der Waals surface area (Å²) in [6.45, 7) is 1.91. The van der Waals surface area contributed by atoms with Crippen LogP contribution >= 0.6 is 0 Å². The van der Waals surface area contributed by atoms with Crippen LogP contribution in [0.4, 0.5) is 4.79 Å². The number of benzene rings is 1. The SMILES string of the molecule is C[C@@H](Oc1ccc(C(=O)NN2C(=O)NC3(CCCCC3)C2=O)cn1)c1ccccc1. The summed E-state index contributed by atoms with van der Waals surface area (Å²) in [4.78, 5) is 41.8. The van der Waals surface area contributed by atoms with Gasteiger partial charge in [0.05, 0.1) is 5.56 Å². The molecule has 2 aromatic rings. The molecule has 1 atom stereocenters. The molecule has 4 amide bonds. The van der Waals surface area contributed by atoms with E-state index in [-0.39, 0.29) is 11.7 Å². The number of amides is 4. The Labute approximate surface area is 174 Å². The lowest BCUT2D eigenvalue weighted by Crippen LogP contribution is -2.50. The van der Waals surface area contributed by atoms with Crippen LogP contribution in [0.5, 0.6) is 5.88 Å². The summed E-state index contributed by atoms with van der Waals surface area (Å²) in [5.41, 5.74) is 2.75. The van der Waals surface area contributed by atoms with E-state index in [4.69, 9.17) is 4.74 Å². The van der Waals surface area contributed by atoms with Gasteiger partial charge in [-0.15, -0.1) is 0 Å². The van der Waals surface area contributed by atoms with E-state index in [2.05, 4.69) is 15.7 Å². The summed E-state index contributed by atoms with van der Waals surface area (Å²) in [5, 5.41) is 3.55. The number of ether oxygens (including phenoxy) is 1. The molecule has 1 spiro atoms. The van der Waals surface area contributed by atoms with E-state index in [1.807, 2.05) is 37.3 Å². The molecule has 1 aliphatic heterocycles. The average Bonchev–Trinajstić information content (AvgIpc) is 2.99. The molecular formula is C22H24N4O4. The molecule has 1 aliphatic carbocycles. The highest BCUT2D eigenvalue weighted by molar-refractivity contribution is 6.09. The molecular weight excluding hydrogens is 384 g/mol. The molecule has 30 heavy (non-hydrogen) atoms. The molecule has 2 N–H and O–H groups in total. The van der Waals surface area contributed by atoms with Gasteiger partial charge in [-0.2, -0.15) is 5.01 Å². The first-order valence-corrected chi connectivity index (χ1v) is 10.1. The number of nitrogens with one attached hydrogen (secondary N) is 2. The van der Waals surface area contributed by atoms with E-state index in [1.165, 1.54) is 6.20 Å². The monoisotopic (exact) mass is 408 g/mol. The Bertz CT molecular complexity index is 939. The topological polar surface area (TPSA) is 101 Å². The van der Waals surface area contributed by atoms with Crippen molar-refractivity contribution < 1.29 is 19.1 Å². The van der Waals surface area contributed by atoms with Gasteiger partial charge in [0.15, 0.2) is 0 Å². The Balaban J connectivity index is 1.39. The van der Waals surface area contributed by atoms with Gasteiger partial charge in [0.2, 0.25) is 5.88 Å². The number of carbonyl (C=O) groups excluding carboxylic acids is 3. The molecule has 0 bridgehead atoms. The van der Waals surface area contributed by atoms with E-state index in [1.54, 1.807) is 12.1 Å². The van der Waals surface area contributed by atoms with Gasteiger partial charge in [0.1, 0.15) is 11.6 Å². The smallest absolute Gasteiger partial charge is 0.344 e. The minimum Gasteiger partial charge on any atom is -0.470 e. The lowest BCUT2D eigenvalue weighted by molar-refractivity contribution is -0.134. The Morgan fingerprint density at radius 3 is 2.53 bits per heavy atom. The van der Waals surface area contributed by atoms with Crippen molar-refractivity contribution in [3.05, 3.63) is 59.8 Å². The zero-order valence-corrected chi connectivity index (χ0v) is 16.8. The van der Waals surface area contributed by atoms with Crippen LogP contribution in [0.2, 0.25) is 0 Å². The maximum absolute atomic E-state index is 12.8. The van der Waals surface area contributed by atoms with Crippen LogP contribution in [-0.2, 0) is 4.79 Å². The van der Waals surface area contributed by atoms with E-state index in [0.29, 0.717) is 18.7 Å². The van der Waals surface area contributed by atoms with Crippen molar-refractivity contribution >= 4 is 17.8 Å². The maximum Gasteiger partial charge on any atom is 0.344 e. The van der Waals surface area contributed by atoms with Gasteiger partial charge >= 0.3 is 6.03 Å². The number of nitrogens with zero attached hydrogens (tertiary/aromatic N) is 2. The second-order valence-corrected chi connectivity index (χ2v) is 7.71. The number of carbonyl (C=O) groups is 3. The van der Waals surface area contributed by atoms with Crippen LogP contribution in [0.15, 0.2) is 48.7 Å². The van der Waals surface area contributed by atoms with Crippen LogP contribution in [0.3, 0.4) is 0 Å². The normalized spacial score (nSPS) is 18.8. The van der Waals surface area contributed by atoms with E-state index >= 15 is 0 Å². The maximum atomic E-state index is 12.8. The Hall–Kier alpha value is -3.42. The fraction of sp³-hybridized carbons (Fsp3) is 0.364. The summed E-state index contributed by atoms with van der Waals surface area (Å²) in [6.07, 6.45) is 5.14.